The van der Waals surface area contributed by atoms with E-state index in [2.05, 4.69) is 5.32 Å². The lowest BCUT2D eigenvalue weighted by molar-refractivity contribution is 0.357. The summed E-state index contributed by atoms with van der Waals surface area (Å²) in [4.78, 5) is 0. The molecule has 1 aromatic carbocycles. The third-order valence-corrected chi connectivity index (χ3v) is 2.17. The van der Waals surface area contributed by atoms with Gasteiger partial charge in [-0.15, -0.1) is 0 Å². The number of nitrogens with one attached hydrogen (secondary N) is 2. The Balaban J connectivity index is 2.97. The van der Waals surface area contributed by atoms with Gasteiger partial charge in [0.05, 0.1) is 12.3 Å². The molecule has 4 heteroatoms. The van der Waals surface area contributed by atoms with Crippen LogP contribution in [-0.4, -0.2) is 24.5 Å². The first-order valence-corrected chi connectivity index (χ1v) is 4.89. The molecule has 0 spiro atoms. The number of benzene rings is 1. The average Bonchev–Trinajstić information content (AvgIpc) is 2.27. The van der Waals surface area contributed by atoms with E-state index in [4.69, 9.17) is 22.1 Å². The second kappa shape index (κ2) is 5.53. The molecule has 15 heavy (non-hydrogen) atoms. The van der Waals surface area contributed by atoms with Gasteiger partial charge in [-0.2, -0.15) is 0 Å². The maximum absolute atomic E-state index is 8.75. The fourth-order valence-electron chi connectivity index (χ4n) is 1.15. The fourth-order valence-corrected chi connectivity index (χ4v) is 1.28. The predicted molar refractivity (Wildman–Crippen MR) is 63.3 cm³/mol. The number of rotatable bonds is 4. The highest BCUT2D eigenvalue weighted by Gasteiger charge is 2.00. The molecule has 0 unspecified atom stereocenters. The first kappa shape index (κ1) is 11.8. The van der Waals surface area contributed by atoms with Crippen LogP contribution in [0.5, 0.6) is 0 Å². The van der Waals surface area contributed by atoms with Crippen molar-refractivity contribution in [3.05, 3.63) is 40.9 Å². The zero-order valence-electron chi connectivity index (χ0n) is 8.42. The minimum atomic E-state index is -0.265. The van der Waals surface area contributed by atoms with Crippen LogP contribution in [0.2, 0.25) is 5.02 Å². The minimum Gasteiger partial charge on any atom is -0.390 e. The molecule has 3 N–H and O–H groups in total. The van der Waals surface area contributed by atoms with Crippen LogP contribution >= 0.6 is 11.6 Å². The van der Waals surface area contributed by atoms with E-state index in [-0.39, 0.29) is 12.3 Å². The molecule has 0 amide bonds. The highest BCUT2D eigenvalue weighted by Crippen LogP contribution is 2.15. The molecular weight excluding hydrogens is 212 g/mol. The summed E-state index contributed by atoms with van der Waals surface area (Å²) in [6.45, 7) is -0.265. The van der Waals surface area contributed by atoms with Crippen molar-refractivity contribution in [2.45, 2.75) is 0 Å². The Hall–Kier alpha value is -1.32. The van der Waals surface area contributed by atoms with Gasteiger partial charge < -0.3 is 15.8 Å². The smallest absolute Gasteiger partial charge is 0.0846 e. The van der Waals surface area contributed by atoms with Crippen LogP contribution in [0.4, 0.5) is 0 Å². The van der Waals surface area contributed by atoms with Crippen LogP contribution in [0.1, 0.15) is 5.56 Å². The molecular formula is C11H13ClN2O. The van der Waals surface area contributed by atoms with Gasteiger partial charge in [0.15, 0.2) is 0 Å². The lowest BCUT2D eigenvalue weighted by Crippen LogP contribution is -2.08. The first-order valence-electron chi connectivity index (χ1n) is 4.51. The Kier molecular flexibility index (Phi) is 4.34. The molecule has 0 heterocycles. The van der Waals surface area contributed by atoms with Gasteiger partial charge in [-0.3, -0.25) is 0 Å². The largest absolute Gasteiger partial charge is 0.390 e. The van der Waals surface area contributed by atoms with Crippen molar-refractivity contribution in [1.82, 2.24) is 5.32 Å². The summed E-state index contributed by atoms with van der Waals surface area (Å²) in [5, 5.41) is 19.8. The molecule has 1 rings (SSSR count). The minimum absolute atomic E-state index is 0.161. The molecule has 0 bridgehead atoms. The number of hydrogen-bond acceptors (Lipinski definition) is 3. The number of aliphatic hydroxyl groups excluding tert-OH is 1. The van der Waals surface area contributed by atoms with E-state index in [0.29, 0.717) is 5.02 Å². The second-order valence-electron chi connectivity index (χ2n) is 3.00. The lowest BCUT2D eigenvalue weighted by Gasteiger charge is -2.07. The van der Waals surface area contributed by atoms with Gasteiger partial charge in [-0.1, -0.05) is 23.7 Å². The van der Waals surface area contributed by atoms with Crippen LogP contribution in [0.15, 0.2) is 30.3 Å². The molecule has 1 aromatic rings. The van der Waals surface area contributed by atoms with Crippen LogP contribution in [0.25, 0.3) is 5.70 Å². The van der Waals surface area contributed by atoms with Crippen LogP contribution in [-0.2, 0) is 0 Å². The number of hydrogen-bond donors (Lipinski definition) is 3. The Morgan fingerprint density at radius 2 is 2.07 bits per heavy atom. The summed E-state index contributed by atoms with van der Waals surface area (Å²) < 4.78 is 0. The van der Waals surface area contributed by atoms with Gasteiger partial charge in [-0.25, -0.2) is 0 Å². The fraction of sp³-hybridized carbons (Fsp3) is 0.182. The Bertz CT molecular complexity index is 371. The maximum atomic E-state index is 8.75. The number of halogens is 1. The van der Waals surface area contributed by atoms with E-state index in [1.807, 2.05) is 12.1 Å². The highest BCUT2D eigenvalue weighted by molar-refractivity contribution is 6.30. The van der Waals surface area contributed by atoms with E-state index in [0.717, 1.165) is 11.3 Å². The second-order valence-corrected chi connectivity index (χ2v) is 3.43. The summed E-state index contributed by atoms with van der Waals surface area (Å²) in [7, 11) is 1.77. The van der Waals surface area contributed by atoms with Gasteiger partial charge in [0, 0.05) is 17.8 Å². The quantitative estimate of drug-likeness (QED) is 0.685. The van der Waals surface area contributed by atoms with Crippen LogP contribution in [0, 0.1) is 5.41 Å². The summed E-state index contributed by atoms with van der Waals surface area (Å²) >= 11 is 5.77. The summed E-state index contributed by atoms with van der Waals surface area (Å²) in [6.07, 6.45) is 1.59. The predicted octanol–water partition coefficient (Wildman–Crippen LogP) is 1.91. The van der Waals surface area contributed by atoms with Crippen LogP contribution < -0.4 is 5.32 Å². The third-order valence-electron chi connectivity index (χ3n) is 1.91. The molecule has 0 radical (unpaired) electrons. The maximum Gasteiger partial charge on any atom is 0.0846 e. The van der Waals surface area contributed by atoms with Gasteiger partial charge >= 0.3 is 0 Å². The van der Waals surface area contributed by atoms with Gasteiger partial charge in [-0.05, 0) is 23.8 Å². The molecule has 80 valence electrons. The van der Waals surface area contributed by atoms with Crippen molar-refractivity contribution in [3.63, 3.8) is 0 Å². The zero-order chi connectivity index (χ0) is 11.3. The monoisotopic (exact) mass is 224 g/mol. The van der Waals surface area contributed by atoms with E-state index in [1.165, 1.54) is 0 Å². The van der Waals surface area contributed by atoms with Crippen LogP contribution in [0.3, 0.4) is 0 Å². The molecule has 0 saturated carbocycles. The first-order chi connectivity index (χ1) is 7.17. The van der Waals surface area contributed by atoms with E-state index in [9.17, 15) is 0 Å². The Labute approximate surface area is 93.9 Å². The normalized spacial score (nSPS) is 11.3. The highest BCUT2D eigenvalue weighted by atomic mass is 35.5. The summed E-state index contributed by atoms with van der Waals surface area (Å²) in [5.74, 6) is 0. The van der Waals surface area contributed by atoms with Crippen molar-refractivity contribution in [1.29, 1.82) is 5.41 Å². The van der Waals surface area contributed by atoms with Crippen molar-refractivity contribution < 1.29 is 5.11 Å². The molecule has 0 fully saturated rings. The molecule has 0 atom stereocenters. The summed E-state index contributed by atoms with van der Waals surface area (Å²) in [6, 6.07) is 7.28. The topological polar surface area (TPSA) is 56.1 Å². The molecule has 0 aliphatic heterocycles. The van der Waals surface area contributed by atoms with E-state index >= 15 is 0 Å². The summed E-state index contributed by atoms with van der Waals surface area (Å²) in [5.41, 5.74) is 1.88. The lowest BCUT2D eigenvalue weighted by atomic mass is 10.1. The third kappa shape index (κ3) is 3.38. The van der Waals surface area contributed by atoms with Gasteiger partial charge in [0.25, 0.3) is 0 Å². The molecule has 0 aromatic heterocycles. The van der Waals surface area contributed by atoms with Crippen molar-refractivity contribution in [2.24, 2.45) is 0 Å². The van der Waals surface area contributed by atoms with E-state index < -0.39 is 0 Å². The number of aliphatic hydroxyl groups is 1. The van der Waals surface area contributed by atoms with Gasteiger partial charge in [0.2, 0.25) is 0 Å². The molecule has 3 nitrogen and oxygen atoms in total. The molecule has 0 aliphatic carbocycles. The zero-order valence-corrected chi connectivity index (χ0v) is 9.17. The van der Waals surface area contributed by atoms with E-state index in [1.54, 1.807) is 25.3 Å². The average molecular weight is 225 g/mol. The molecule has 0 saturated heterocycles. The van der Waals surface area contributed by atoms with Crippen molar-refractivity contribution in [3.8, 4) is 0 Å². The Morgan fingerprint density at radius 3 is 2.53 bits per heavy atom. The standard InChI is InChI=1S/C11H13ClN2O/c1-14-11(6-10(13)7-15)8-2-4-9(12)5-3-8/h2-6,13-15H,7H2,1H3/b11-6-,13-10?. The van der Waals surface area contributed by atoms with Gasteiger partial charge in [0.1, 0.15) is 0 Å². The molecule has 0 aliphatic rings. The Morgan fingerprint density at radius 1 is 1.47 bits per heavy atom. The van der Waals surface area contributed by atoms with Crippen molar-refractivity contribution in [2.75, 3.05) is 13.7 Å². The van der Waals surface area contributed by atoms with Crippen molar-refractivity contribution >= 4 is 23.0 Å². The SMILES string of the molecule is CN/C(=C\C(=N)CO)c1ccc(Cl)cc1.